The van der Waals surface area contributed by atoms with Crippen molar-refractivity contribution in [2.45, 2.75) is 68.7 Å². The van der Waals surface area contributed by atoms with Gasteiger partial charge in [0.2, 0.25) is 5.91 Å². The molecule has 1 saturated carbocycles. The summed E-state index contributed by atoms with van der Waals surface area (Å²) >= 11 is 0. The zero-order valence-corrected chi connectivity index (χ0v) is 12.9. The minimum Gasteiger partial charge on any atom is -0.391 e. The van der Waals surface area contributed by atoms with Crippen molar-refractivity contribution >= 4 is 5.91 Å². The molecule has 136 valence electrons. The lowest BCUT2D eigenvalue weighted by atomic mass is 9.85. The highest BCUT2D eigenvalue weighted by Crippen LogP contribution is 2.24. The molecular weight excluding hydrogens is 314 g/mol. The molecule has 1 aliphatic rings. The van der Waals surface area contributed by atoms with E-state index in [0.717, 1.165) is 0 Å². The van der Waals surface area contributed by atoms with Crippen molar-refractivity contribution in [2.24, 2.45) is 0 Å². The number of hydrogen-bond acceptors (Lipinski definition) is 9. The van der Waals surface area contributed by atoms with Crippen molar-refractivity contribution in [1.82, 2.24) is 5.32 Å². The second-order valence-electron chi connectivity index (χ2n) is 5.79. The predicted octanol–water partition coefficient (Wildman–Crippen LogP) is -4.56. The summed E-state index contributed by atoms with van der Waals surface area (Å²) in [5.41, 5.74) is 0. The van der Waals surface area contributed by atoms with Crippen LogP contribution in [0.4, 0.5) is 0 Å². The fourth-order valence-electron chi connectivity index (χ4n) is 2.43. The van der Waals surface area contributed by atoms with E-state index in [1.54, 1.807) is 0 Å². The highest BCUT2D eigenvalue weighted by molar-refractivity contribution is 5.73. The van der Waals surface area contributed by atoms with Crippen LogP contribution in [0.5, 0.6) is 0 Å². The number of hydrogen-bond donors (Lipinski definition) is 8. The molecule has 0 aromatic carbocycles. The average Bonchev–Trinajstić information content (AvgIpc) is 2.48. The fraction of sp³-hybridized carbons (Fsp3) is 0.923. The molecule has 1 rings (SSSR count). The molecule has 0 aromatic rings. The van der Waals surface area contributed by atoms with Gasteiger partial charge in [-0.25, -0.2) is 0 Å². The van der Waals surface area contributed by atoms with Crippen LogP contribution in [-0.2, 0) is 9.53 Å². The van der Waals surface area contributed by atoms with Crippen LogP contribution in [0.25, 0.3) is 0 Å². The minimum absolute atomic E-state index is 0.417. The standard InChI is InChI=1S/C13H25NO9/c1-4(15)7(17)6(14-5(2)16)3-23-13-11(21)9(19)8(18)10(20)12(13)22/h4,6-13,15,17-22H,3H2,1-2H3,(H,14,16)/t4-,6+,7-,8-,9?,10?,11?,12?,13-/m1/s1. The van der Waals surface area contributed by atoms with E-state index < -0.39 is 67.4 Å². The molecule has 1 aliphatic carbocycles. The third-order valence-corrected chi connectivity index (χ3v) is 3.84. The molecule has 1 amide bonds. The summed E-state index contributed by atoms with van der Waals surface area (Å²) in [5, 5.41) is 69.9. The largest absolute Gasteiger partial charge is 0.391 e. The maximum absolute atomic E-state index is 11.1. The molecule has 1 fully saturated rings. The molecule has 0 spiro atoms. The van der Waals surface area contributed by atoms with Gasteiger partial charge in [0.1, 0.15) is 42.7 Å². The summed E-state index contributed by atoms with van der Waals surface area (Å²) in [4.78, 5) is 11.1. The van der Waals surface area contributed by atoms with E-state index in [4.69, 9.17) is 4.74 Å². The van der Waals surface area contributed by atoms with Gasteiger partial charge in [-0.05, 0) is 6.92 Å². The van der Waals surface area contributed by atoms with Gasteiger partial charge in [0, 0.05) is 6.92 Å². The van der Waals surface area contributed by atoms with Crippen molar-refractivity contribution in [1.29, 1.82) is 0 Å². The normalized spacial score (nSPS) is 38.7. The highest BCUT2D eigenvalue weighted by Gasteiger charge is 2.49. The third kappa shape index (κ3) is 4.81. The Hall–Kier alpha value is -0.850. The van der Waals surface area contributed by atoms with Crippen LogP contribution in [0.15, 0.2) is 0 Å². The summed E-state index contributed by atoms with van der Waals surface area (Å²) in [6, 6.07) is -1.05. The molecule has 7 atom stereocenters. The van der Waals surface area contributed by atoms with E-state index in [1.807, 2.05) is 0 Å². The smallest absolute Gasteiger partial charge is 0.217 e. The average molecular weight is 339 g/mol. The monoisotopic (exact) mass is 339 g/mol. The number of ether oxygens (including phenoxy) is 1. The maximum Gasteiger partial charge on any atom is 0.217 e. The minimum atomic E-state index is -1.74. The Balaban J connectivity index is 2.76. The molecule has 0 aliphatic heterocycles. The Morgan fingerprint density at radius 2 is 1.43 bits per heavy atom. The lowest BCUT2D eigenvalue weighted by Crippen LogP contribution is -2.65. The zero-order chi connectivity index (χ0) is 17.9. The summed E-state index contributed by atoms with van der Waals surface area (Å²) in [6.45, 7) is 2.07. The quantitative estimate of drug-likeness (QED) is 0.236. The molecule has 23 heavy (non-hydrogen) atoms. The lowest BCUT2D eigenvalue weighted by Gasteiger charge is -2.42. The Kier molecular flexibility index (Phi) is 7.29. The van der Waals surface area contributed by atoms with Crippen LogP contribution in [0.2, 0.25) is 0 Å². The summed E-state index contributed by atoms with van der Waals surface area (Å²) in [7, 11) is 0. The molecular formula is C13H25NO9. The molecule has 4 unspecified atom stereocenters. The first-order chi connectivity index (χ1) is 10.6. The zero-order valence-electron chi connectivity index (χ0n) is 12.9. The van der Waals surface area contributed by atoms with Gasteiger partial charge in [-0.2, -0.15) is 0 Å². The number of carbonyl (C=O) groups is 1. The van der Waals surface area contributed by atoms with Crippen LogP contribution in [0, 0.1) is 0 Å². The molecule has 0 bridgehead atoms. The van der Waals surface area contributed by atoms with E-state index in [2.05, 4.69) is 5.32 Å². The first-order valence-corrected chi connectivity index (χ1v) is 7.23. The van der Waals surface area contributed by atoms with Gasteiger partial charge in [0.15, 0.2) is 0 Å². The van der Waals surface area contributed by atoms with Crippen LogP contribution >= 0.6 is 0 Å². The van der Waals surface area contributed by atoms with Crippen molar-refractivity contribution in [3.63, 3.8) is 0 Å². The van der Waals surface area contributed by atoms with Crippen molar-refractivity contribution in [3.05, 3.63) is 0 Å². The fourth-order valence-corrected chi connectivity index (χ4v) is 2.43. The van der Waals surface area contributed by atoms with Gasteiger partial charge in [0.05, 0.1) is 18.8 Å². The van der Waals surface area contributed by atoms with Gasteiger partial charge in [-0.3, -0.25) is 4.79 Å². The predicted molar refractivity (Wildman–Crippen MR) is 75.1 cm³/mol. The van der Waals surface area contributed by atoms with Crippen LogP contribution in [0.1, 0.15) is 13.8 Å². The Bertz CT molecular complexity index is 378. The molecule has 0 saturated heterocycles. The van der Waals surface area contributed by atoms with Gasteiger partial charge in [-0.1, -0.05) is 0 Å². The molecule has 0 heterocycles. The van der Waals surface area contributed by atoms with Gasteiger partial charge in [0.25, 0.3) is 0 Å². The van der Waals surface area contributed by atoms with E-state index in [-0.39, 0.29) is 0 Å². The highest BCUT2D eigenvalue weighted by atomic mass is 16.5. The number of nitrogens with one attached hydrogen (secondary N) is 1. The lowest BCUT2D eigenvalue weighted by molar-refractivity contribution is -0.237. The summed E-state index contributed by atoms with van der Waals surface area (Å²) < 4.78 is 5.21. The van der Waals surface area contributed by atoms with Gasteiger partial charge in [-0.15, -0.1) is 0 Å². The first-order valence-electron chi connectivity index (χ1n) is 7.23. The molecule has 8 N–H and O–H groups in total. The van der Waals surface area contributed by atoms with Crippen LogP contribution < -0.4 is 5.32 Å². The summed E-state index contributed by atoms with van der Waals surface area (Å²) in [6.07, 6.45) is -12.6. The molecule has 0 radical (unpaired) electrons. The summed E-state index contributed by atoms with van der Waals surface area (Å²) in [5.74, 6) is -0.501. The van der Waals surface area contributed by atoms with Crippen molar-refractivity contribution in [3.8, 4) is 0 Å². The molecule has 0 aromatic heterocycles. The Morgan fingerprint density at radius 3 is 1.83 bits per heavy atom. The van der Waals surface area contributed by atoms with Crippen LogP contribution in [0.3, 0.4) is 0 Å². The van der Waals surface area contributed by atoms with Crippen molar-refractivity contribution in [2.75, 3.05) is 6.61 Å². The first kappa shape index (κ1) is 20.2. The molecule has 10 nitrogen and oxygen atoms in total. The Morgan fingerprint density at radius 1 is 1.00 bits per heavy atom. The number of amides is 1. The molecule has 10 heteroatoms. The SMILES string of the molecule is CC(=O)N[C@@H](CO[C@H]1C(O)C(O)[C@H](O)C(O)C1O)[C@H](O)[C@@H](C)O. The number of aliphatic hydroxyl groups is 7. The van der Waals surface area contributed by atoms with E-state index in [1.165, 1.54) is 13.8 Å². The van der Waals surface area contributed by atoms with Crippen molar-refractivity contribution < 1.29 is 45.3 Å². The van der Waals surface area contributed by atoms with Crippen LogP contribution in [-0.4, -0.2) is 103 Å². The second-order valence-corrected chi connectivity index (χ2v) is 5.79. The Labute approximate surface area is 132 Å². The van der Waals surface area contributed by atoms with Gasteiger partial charge >= 0.3 is 0 Å². The third-order valence-electron chi connectivity index (χ3n) is 3.84. The number of aliphatic hydroxyl groups excluding tert-OH is 7. The number of carbonyl (C=O) groups excluding carboxylic acids is 1. The second kappa shape index (κ2) is 8.31. The van der Waals surface area contributed by atoms with E-state index >= 15 is 0 Å². The maximum atomic E-state index is 11.1. The topological polar surface area (TPSA) is 180 Å². The number of rotatable bonds is 6. The van der Waals surface area contributed by atoms with Gasteiger partial charge < -0.3 is 45.8 Å². The van der Waals surface area contributed by atoms with E-state index in [0.29, 0.717) is 0 Å². The van der Waals surface area contributed by atoms with E-state index in [9.17, 15) is 40.5 Å².